The minimum atomic E-state index is -0.0641. The number of ether oxygens (including phenoxy) is 1. The van der Waals surface area contributed by atoms with Gasteiger partial charge >= 0.3 is 0 Å². The van der Waals surface area contributed by atoms with Crippen LogP contribution in [0.15, 0.2) is 60.7 Å². The van der Waals surface area contributed by atoms with Crippen molar-refractivity contribution < 1.29 is 14.6 Å². The van der Waals surface area contributed by atoms with Gasteiger partial charge in [0.1, 0.15) is 11.5 Å². The van der Waals surface area contributed by atoms with E-state index >= 15 is 0 Å². The van der Waals surface area contributed by atoms with Crippen LogP contribution in [-0.2, 0) is 0 Å². The summed E-state index contributed by atoms with van der Waals surface area (Å²) in [7, 11) is 1.63. The number of aromatic hydroxyl groups is 1. The van der Waals surface area contributed by atoms with Gasteiger partial charge in [0.05, 0.1) is 12.7 Å². The number of benzene rings is 3. The van der Waals surface area contributed by atoms with Crippen molar-refractivity contribution in [1.82, 2.24) is 0 Å². The Kier molecular flexibility index (Phi) is 5.08. The molecule has 3 aromatic carbocycles. The van der Waals surface area contributed by atoms with Gasteiger partial charge in [-0.1, -0.05) is 49.4 Å². The maximum Gasteiger partial charge on any atom is 0.166 e. The van der Waals surface area contributed by atoms with E-state index < -0.39 is 0 Å². The monoisotopic (exact) mass is 346 g/mol. The van der Waals surface area contributed by atoms with E-state index in [0.717, 1.165) is 28.0 Å². The molecule has 0 amide bonds. The van der Waals surface area contributed by atoms with Gasteiger partial charge < -0.3 is 9.84 Å². The van der Waals surface area contributed by atoms with Crippen LogP contribution in [0.1, 0.15) is 29.3 Å². The summed E-state index contributed by atoms with van der Waals surface area (Å²) in [5.74, 6) is 0.770. The lowest BCUT2D eigenvalue weighted by molar-refractivity contribution is 0.0986. The molecule has 0 aliphatic carbocycles. The number of rotatable bonds is 5. The second-order valence-electron chi connectivity index (χ2n) is 6.19. The van der Waals surface area contributed by atoms with Gasteiger partial charge in [0.15, 0.2) is 5.78 Å². The molecule has 3 aromatic rings. The minimum absolute atomic E-state index is 0.0593. The topological polar surface area (TPSA) is 46.5 Å². The normalized spacial score (nSPS) is 10.6. The van der Waals surface area contributed by atoms with Crippen LogP contribution in [0.5, 0.6) is 11.5 Å². The van der Waals surface area contributed by atoms with Crippen molar-refractivity contribution in [1.29, 1.82) is 0 Å². The standard InChI is InChI=1S/C23H22O3/c1-4-21(24)22-20(16-8-6-5-7-9-16)14-19(15(2)23(22)25)17-10-12-18(26-3)13-11-17/h5-14,25H,4H2,1-3H3. The highest BCUT2D eigenvalue weighted by molar-refractivity contribution is 6.06. The number of phenolic OH excluding ortho intramolecular Hbond substituents is 1. The van der Waals surface area contributed by atoms with Crippen molar-refractivity contribution in [2.45, 2.75) is 20.3 Å². The lowest BCUT2D eigenvalue weighted by Crippen LogP contribution is -2.03. The molecule has 3 nitrogen and oxygen atoms in total. The second-order valence-corrected chi connectivity index (χ2v) is 6.19. The SMILES string of the molecule is CCC(=O)c1c(-c2ccccc2)cc(-c2ccc(OC)cc2)c(C)c1O. The predicted molar refractivity (Wildman–Crippen MR) is 105 cm³/mol. The Morgan fingerprint density at radius 2 is 1.58 bits per heavy atom. The van der Waals surface area contributed by atoms with E-state index in [2.05, 4.69) is 0 Å². The van der Waals surface area contributed by atoms with E-state index in [1.807, 2.05) is 74.5 Å². The largest absolute Gasteiger partial charge is 0.507 e. The van der Waals surface area contributed by atoms with Gasteiger partial charge in [-0.2, -0.15) is 0 Å². The van der Waals surface area contributed by atoms with E-state index in [0.29, 0.717) is 17.5 Å². The fourth-order valence-electron chi connectivity index (χ4n) is 3.14. The van der Waals surface area contributed by atoms with Crippen LogP contribution in [0, 0.1) is 6.92 Å². The summed E-state index contributed by atoms with van der Waals surface area (Å²) in [4.78, 5) is 12.5. The van der Waals surface area contributed by atoms with E-state index in [4.69, 9.17) is 4.74 Å². The molecule has 0 saturated heterocycles. The molecule has 0 heterocycles. The van der Waals surface area contributed by atoms with Gasteiger partial charge in [0.25, 0.3) is 0 Å². The molecule has 3 heteroatoms. The van der Waals surface area contributed by atoms with Gasteiger partial charge in [-0.3, -0.25) is 4.79 Å². The van der Waals surface area contributed by atoms with Crippen LogP contribution < -0.4 is 4.74 Å². The smallest absolute Gasteiger partial charge is 0.166 e. The molecule has 1 N–H and O–H groups in total. The molecular formula is C23H22O3. The van der Waals surface area contributed by atoms with Gasteiger partial charge in [-0.05, 0) is 52.9 Å². The first-order valence-corrected chi connectivity index (χ1v) is 8.66. The van der Waals surface area contributed by atoms with Crippen molar-refractivity contribution in [3.05, 3.63) is 71.8 Å². The van der Waals surface area contributed by atoms with Gasteiger partial charge in [-0.15, -0.1) is 0 Å². The molecule has 0 bridgehead atoms. The van der Waals surface area contributed by atoms with Crippen molar-refractivity contribution in [3.63, 3.8) is 0 Å². The van der Waals surface area contributed by atoms with Crippen LogP contribution in [0.25, 0.3) is 22.3 Å². The summed E-state index contributed by atoms with van der Waals surface area (Å²) < 4.78 is 5.22. The lowest BCUT2D eigenvalue weighted by atomic mass is 9.88. The fourth-order valence-corrected chi connectivity index (χ4v) is 3.14. The Balaban J connectivity index is 2.27. The molecule has 0 radical (unpaired) electrons. The highest BCUT2D eigenvalue weighted by atomic mass is 16.5. The molecule has 0 atom stereocenters. The molecule has 0 unspecified atom stereocenters. The van der Waals surface area contributed by atoms with Gasteiger partial charge in [-0.25, -0.2) is 0 Å². The third-order valence-electron chi connectivity index (χ3n) is 4.64. The zero-order valence-corrected chi connectivity index (χ0v) is 15.2. The maximum atomic E-state index is 12.5. The number of Topliss-reactive ketones (excluding diaryl/α,β-unsaturated/α-hetero) is 1. The van der Waals surface area contributed by atoms with Crippen LogP contribution >= 0.6 is 0 Å². The number of carbonyl (C=O) groups excluding carboxylic acids is 1. The fraction of sp³-hybridized carbons (Fsp3) is 0.174. The molecule has 132 valence electrons. The lowest BCUT2D eigenvalue weighted by Gasteiger charge is -2.17. The van der Waals surface area contributed by atoms with Crippen molar-refractivity contribution in [3.8, 4) is 33.8 Å². The van der Waals surface area contributed by atoms with E-state index in [-0.39, 0.29) is 11.5 Å². The van der Waals surface area contributed by atoms with E-state index in [1.165, 1.54) is 0 Å². The van der Waals surface area contributed by atoms with Gasteiger partial charge in [0.2, 0.25) is 0 Å². The molecule has 0 spiro atoms. The minimum Gasteiger partial charge on any atom is -0.507 e. The van der Waals surface area contributed by atoms with E-state index in [9.17, 15) is 9.90 Å². The number of ketones is 1. The van der Waals surface area contributed by atoms with Crippen molar-refractivity contribution in [2.24, 2.45) is 0 Å². The summed E-state index contributed by atoms with van der Waals surface area (Å²) in [6.45, 7) is 3.65. The number of hydrogen-bond acceptors (Lipinski definition) is 3. The Bertz CT molecular complexity index is 926. The summed E-state index contributed by atoms with van der Waals surface area (Å²) in [5.41, 5.74) is 4.63. The molecule has 26 heavy (non-hydrogen) atoms. The van der Waals surface area contributed by atoms with Crippen LogP contribution in [-0.4, -0.2) is 18.0 Å². The average Bonchev–Trinajstić information content (AvgIpc) is 2.70. The first kappa shape index (κ1) is 17.7. The first-order chi connectivity index (χ1) is 12.6. The quantitative estimate of drug-likeness (QED) is 0.609. The maximum absolute atomic E-state index is 12.5. The number of phenols is 1. The molecule has 3 rings (SSSR count). The summed E-state index contributed by atoms with van der Waals surface area (Å²) in [5, 5.41) is 10.8. The number of carbonyl (C=O) groups is 1. The van der Waals surface area contributed by atoms with Crippen LogP contribution in [0.4, 0.5) is 0 Å². The van der Waals surface area contributed by atoms with E-state index in [1.54, 1.807) is 7.11 Å². The van der Waals surface area contributed by atoms with Crippen LogP contribution in [0.2, 0.25) is 0 Å². The Morgan fingerprint density at radius 3 is 2.15 bits per heavy atom. The molecule has 0 aliphatic rings. The molecule has 0 aromatic heterocycles. The Morgan fingerprint density at radius 1 is 0.962 bits per heavy atom. The molecular weight excluding hydrogens is 324 g/mol. The summed E-state index contributed by atoms with van der Waals surface area (Å²) in [6, 6.07) is 19.4. The second kappa shape index (κ2) is 7.44. The van der Waals surface area contributed by atoms with Gasteiger partial charge in [0, 0.05) is 6.42 Å². The zero-order chi connectivity index (χ0) is 18.7. The zero-order valence-electron chi connectivity index (χ0n) is 15.2. The third kappa shape index (κ3) is 3.21. The molecule has 0 saturated carbocycles. The average molecular weight is 346 g/mol. The number of hydrogen-bond donors (Lipinski definition) is 1. The Hall–Kier alpha value is -3.07. The van der Waals surface area contributed by atoms with Crippen molar-refractivity contribution in [2.75, 3.05) is 7.11 Å². The number of methoxy groups -OCH3 is 1. The Labute approximate surface area is 153 Å². The molecule has 0 fully saturated rings. The first-order valence-electron chi connectivity index (χ1n) is 8.66. The molecule has 0 aliphatic heterocycles. The predicted octanol–water partition coefficient (Wildman–Crippen LogP) is 5.64. The third-order valence-corrected chi connectivity index (χ3v) is 4.64. The van der Waals surface area contributed by atoms with Crippen LogP contribution in [0.3, 0.4) is 0 Å². The summed E-state index contributed by atoms with van der Waals surface area (Å²) in [6.07, 6.45) is 0.342. The summed E-state index contributed by atoms with van der Waals surface area (Å²) >= 11 is 0. The highest BCUT2D eigenvalue weighted by Gasteiger charge is 2.21. The highest BCUT2D eigenvalue weighted by Crippen LogP contribution is 2.40. The van der Waals surface area contributed by atoms with Crippen molar-refractivity contribution >= 4 is 5.78 Å².